The normalized spacial score (nSPS) is 12.6. The standard InChI is InChI=1S/C10H19NO3/c1-7(2)5-10(13)11-8(3)9(12)6-14-4/h7-8H,5-6H2,1-4H3,(H,11,13)/t8-/m0/s1. The van der Waals surface area contributed by atoms with Crippen LogP contribution in [0.2, 0.25) is 0 Å². The largest absolute Gasteiger partial charge is 0.377 e. The first-order valence-electron chi connectivity index (χ1n) is 4.78. The molecule has 0 aromatic heterocycles. The third-order valence-corrected chi connectivity index (χ3v) is 1.74. The average molecular weight is 201 g/mol. The van der Waals surface area contributed by atoms with Crippen LogP contribution in [0.25, 0.3) is 0 Å². The fraction of sp³-hybridized carbons (Fsp3) is 0.800. The Morgan fingerprint density at radius 3 is 2.29 bits per heavy atom. The summed E-state index contributed by atoms with van der Waals surface area (Å²) in [5.41, 5.74) is 0. The highest BCUT2D eigenvalue weighted by Gasteiger charge is 2.15. The maximum absolute atomic E-state index is 11.3. The third-order valence-electron chi connectivity index (χ3n) is 1.74. The lowest BCUT2D eigenvalue weighted by Crippen LogP contribution is -2.40. The molecule has 82 valence electrons. The molecule has 14 heavy (non-hydrogen) atoms. The Morgan fingerprint density at radius 2 is 1.86 bits per heavy atom. The van der Waals surface area contributed by atoms with Crippen LogP contribution in [-0.2, 0) is 14.3 Å². The molecule has 0 rings (SSSR count). The summed E-state index contributed by atoms with van der Waals surface area (Å²) < 4.78 is 4.69. The lowest BCUT2D eigenvalue weighted by atomic mass is 10.1. The number of amides is 1. The van der Waals surface area contributed by atoms with Gasteiger partial charge in [0, 0.05) is 13.5 Å². The highest BCUT2D eigenvalue weighted by molar-refractivity contribution is 5.89. The summed E-state index contributed by atoms with van der Waals surface area (Å²) in [6.45, 7) is 5.63. The monoisotopic (exact) mass is 201 g/mol. The molecule has 1 amide bonds. The summed E-state index contributed by atoms with van der Waals surface area (Å²) in [6.07, 6.45) is 0.449. The van der Waals surface area contributed by atoms with Crippen molar-refractivity contribution in [1.29, 1.82) is 0 Å². The van der Waals surface area contributed by atoms with E-state index < -0.39 is 6.04 Å². The Bertz CT molecular complexity index is 202. The molecule has 0 saturated carbocycles. The van der Waals surface area contributed by atoms with Crippen molar-refractivity contribution in [2.24, 2.45) is 5.92 Å². The number of hydrogen-bond acceptors (Lipinski definition) is 3. The first-order chi connectivity index (χ1) is 6.47. The molecular weight excluding hydrogens is 182 g/mol. The zero-order valence-electron chi connectivity index (χ0n) is 9.29. The second-order valence-electron chi connectivity index (χ2n) is 3.79. The molecule has 0 fully saturated rings. The molecule has 0 aromatic rings. The van der Waals surface area contributed by atoms with Gasteiger partial charge >= 0.3 is 0 Å². The molecule has 0 aliphatic rings. The molecule has 0 unspecified atom stereocenters. The first kappa shape index (κ1) is 13.1. The van der Waals surface area contributed by atoms with Gasteiger partial charge in [0.05, 0.1) is 6.04 Å². The van der Waals surface area contributed by atoms with Crippen LogP contribution < -0.4 is 5.32 Å². The van der Waals surface area contributed by atoms with Crippen molar-refractivity contribution in [2.45, 2.75) is 33.2 Å². The van der Waals surface area contributed by atoms with Gasteiger partial charge in [-0.05, 0) is 12.8 Å². The fourth-order valence-electron chi connectivity index (χ4n) is 1.02. The van der Waals surface area contributed by atoms with Gasteiger partial charge in [-0.15, -0.1) is 0 Å². The Balaban J connectivity index is 3.87. The Morgan fingerprint density at radius 1 is 1.29 bits per heavy atom. The van der Waals surface area contributed by atoms with Crippen molar-refractivity contribution in [3.8, 4) is 0 Å². The maximum Gasteiger partial charge on any atom is 0.220 e. The highest BCUT2D eigenvalue weighted by atomic mass is 16.5. The molecule has 4 heteroatoms. The van der Waals surface area contributed by atoms with Crippen molar-refractivity contribution >= 4 is 11.7 Å². The number of carbonyl (C=O) groups excluding carboxylic acids is 2. The number of methoxy groups -OCH3 is 1. The van der Waals surface area contributed by atoms with Crippen molar-refractivity contribution in [3.05, 3.63) is 0 Å². The van der Waals surface area contributed by atoms with E-state index in [1.54, 1.807) is 6.92 Å². The SMILES string of the molecule is COCC(=O)[C@H](C)NC(=O)CC(C)C. The Kier molecular flexibility index (Phi) is 6.12. The zero-order valence-corrected chi connectivity index (χ0v) is 9.29. The molecule has 1 N–H and O–H groups in total. The quantitative estimate of drug-likeness (QED) is 0.690. The lowest BCUT2D eigenvalue weighted by molar-refractivity contribution is -0.129. The van der Waals surface area contributed by atoms with E-state index in [1.165, 1.54) is 7.11 Å². The van der Waals surface area contributed by atoms with Crippen molar-refractivity contribution in [2.75, 3.05) is 13.7 Å². The molecule has 1 atom stereocenters. The van der Waals surface area contributed by atoms with Gasteiger partial charge < -0.3 is 10.1 Å². The van der Waals surface area contributed by atoms with E-state index in [2.05, 4.69) is 10.1 Å². The van der Waals surface area contributed by atoms with E-state index in [1.807, 2.05) is 13.8 Å². The van der Waals surface area contributed by atoms with Gasteiger partial charge in [0.1, 0.15) is 6.61 Å². The van der Waals surface area contributed by atoms with Crippen LogP contribution in [-0.4, -0.2) is 31.4 Å². The maximum atomic E-state index is 11.3. The van der Waals surface area contributed by atoms with Gasteiger partial charge in [0.2, 0.25) is 5.91 Å². The van der Waals surface area contributed by atoms with Crippen LogP contribution in [0.5, 0.6) is 0 Å². The Hall–Kier alpha value is -0.900. The van der Waals surface area contributed by atoms with Crippen molar-refractivity contribution in [3.63, 3.8) is 0 Å². The third kappa shape index (κ3) is 5.70. The second kappa shape index (κ2) is 6.54. The number of rotatable bonds is 6. The van der Waals surface area contributed by atoms with Crippen LogP contribution in [0.1, 0.15) is 27.2 Å². The number of hydrogen-bond donors (Lipinski definition) is 1. The molecule has 0 bridgehead atoms. The number of carbonyl (C=O) groups is 2. The number of ketones is 1. The predicted octanol–water partition coefficient (Wildman–Crippen LogP) is 0.753. The summed E-state index contributed by atoms with van der Waals surface area (Å²) >= 11 is 0. The molecule has 0 aliphatic carbocycles. The summed E-state index contributed by atoms with van der Waals surface area (Å²) in [5.74, 6) is 0.112. The van der Waals surface area contributed by atoms with E-state index in [0.717, 1.165) is 0 Å². The van der Waals surface area contributed by atoms with Crippen molar-refractivity contribution < 1.29 is 14.3 Å². The smallest absolute Gasteiger partial charge is 0.220 e. The minimum atomic E-state index is -0.457. The molecule has 0 radical (unpaired) electrons. The summed E-state index contributed by atoms with van der Waals surface area (Å²) in [5, 5.41) is 2.63. The number of ether oxygens (including phenoxy) is 1. The topological polar surface area (TPSA) is 55.4 Å². The van der Waals surface area contributed by atoms with Crippen LogP contribution in [0.3, 0.4) is 0 Å². The van der Waals surface area contributed by atoms with Crippen LogP contribution in [0.4, 0.5) is 0 Å². The fourth-order valence-corrected chi connectivity index (χ4v) is 1.02. The van der Waals surface area contributed by atoms with E-state index >= 15 is 0 Å². The summed E-state index contributed by atoms with van der Waals surface area (Å²) in [7, 11) is 1.46. The van der Waals surface area contributed by atoms with Crippen molar-refractivity contribution in [1.82, 2.24) is 5.32 Å². The van der Waals surface area contributed by atoms with E-state index in [0.29, 0.717) is 12.3 Å². The minimum Gasteiger partial charge on any atom is -0.377 e. The molecule has 0 saturated heterocycles. The number of nitrogens with one attached hydrogen (secondary N) is 1. The second-order valence-corrected chi connectivity index (χ2v) is 3.79. The molecule has 0 aliphatic heterocycles. The van der Waals surface area contributed by atoms with Gasteiger partial charge in [0.25, 0.3) is 0 Å². The molecule has 0 heterocycles. The van der Waals surface area contributed by atoms with E-state index in [-0.39, 0.29) is 18.3 Å². The molecule has 0 aromatic carbocycles. The first-order valence-corrected chi connectivity index (χ1v) is 4.78. The van der Waals surface area contributed by atoms with E-state index in [4.69, 9.17) is 0 Å². The highest BCUT2D eigenvalue weighted by Crippen LogP contribution is 1.99. The van der Waals surface area contributed by atoms with Crippen LogP contribution in [0, 0.1) is 5.92 Å². The van der Waals surface area contributed by atoms with Gasteiger partial charge in [-0.25, -0.2) is 0 Å². The Labute approximate surface area is 85.0 Å². The predicted molar refractivity (Wildman–Crippen MR) is 53.9 cm³/mol. The van der Waals surface area contributed by atoms with E-state index in [9.17, 15) is 9.59 Å². The van der Waals surface area contributed by atoms with Gasteiger partial charge in [-0.1, -0.05) is 13.8 Å². The van der Waals surface area contributed by atoms with Gasteiger partial charge in [0.15, 0.2) is 5.78 Å². The van der Waals surface area contributed by atoms with Crippen LogP contribution >= 0.6 is 0 Å². The van der Waals surface area contributed by atoms with Crippen LogP contribution in [0.15, 0.2) is 0 Å². The molecule has 0 spiro atoms. The minimum absolute atomic E-state index is 0.0448. The molecule has 4 nitrogen and oxygen atoms in total. The van der Waals surface area contributed by atoms with Gasteiger partial charge in [-0.2, -0.15) is 0 Å². The average Bonchev–Trinajstić information content (AvgIpc) is 2.02. The molecular formula is C10H19NO3. The summed E-state index contributed by atoms with van der Waals surface area (Å²) in [4.78, 5) is 22.5. The lowest BCUT2D eigenvalue weighted by Gasteiger charge is -2.13. The zero-order chi connectivity index (χ0) is 11.1. The van der Waals surface area contributed by atoms with Gasteiger partial charge in [-0.3, -0.25) is 9.59 Å². The number of Topliss-reactive ketones (excluding diaryl/α,β-unsaturated/α-hetero) is 1. The summed E-state index contributed by atoms with van der Waals surface area (Å²) in [6, 6.07) is -0.457.